The molecule has 2 rings (SSSR count). The molecule has 2 aromatic rings. The molecule has 0 fully saturated rings. The summed E-state index contributed by atoms with van der Waals surface area (Å²) in [6.07, 6.45) is 0. The minimum Gasteiger partial charge on any atom is -0.496 e. The number of amides is 1. The van der Waals surface area contributed by atoms with Gasteiger partial charge in [0.05, 0.1) is 12.9 Å². The number of hydrogen-bond donors (Lipinski definition) is 1. The molecule has 0 saturated heterocycles. The predicted octanol–water partition coefficient (Wildman–Crippen LogP) is 4.40. The van der Waals surface area contributed by atoms with E-state index in [1.807, 2.05) is 12.1 Å². The van der Waals surface area contributed by atoms with Gasteiger partial charge in [0.1, 0.15) is 23.4 Å². The summed E-state index contributed by atoms with van der Waals surface area (Å²) in [6.45, 7) is 1.75. The number of benzene rings is 2. The molecule has 1 N–H and O–H groups in total. The molecule has 144 valence electrons. The topological polar surface area (TPSA) is 64.6 Å². The van der Waals surface area contributed by atoms with Crippen LogP contribution < -0.4 is 10.1 Å². The third-order valence-electron chi connectivity index (χ3n) is 3.54. The Morgan fingerprint density at radius 1 is 1.22 bits per heavy atom. The van der Waals surface area contributed by atoms with E-state index in [0.717, 1.165) is 21.8 Å². The maximum absolute atomic E-state index is 12.9. The highest BCUT2D eigenvalue weighted by molar-refractivity contribution is 9.10. The molecule has 0 aromatic heterocycles. The fourth-order valence-electron chi connectivity index (χ4n) is 2.13. The first-order chi connectivity index (χ1) is 12.9. The van der Waals surface area contributed by atoms with E-state index in [1.165, 1.54) is 24.3 Å². The van der Waals surface area contributed by atoms with Gasteiger partial charge in [-0.1, -0.05) is 15.9 Å². The molecule has 0 radical (unpaired) electrons. The Hall–Kier alpha value is -2.06. The SMILES string of the molecule is COc1ccc(Br)cc1COC(=O)C(C)SCC(=O)Nc1ccc(F)cc1. The molecule has 0 aliphatic carbocycles. The quantitative estimate of drug-likeness (QED) is 0.597. The summed E-state index contributed by atoms with van der Waals surface area (Å²) < 4.78 is 24.3. The summed E-state index contributed by atoms with van der Waals surface area (Å²) in [6, 6.07) is 10.9. The van der Waals surface area contributed by atoms with Gasteiger partial charge in [-0.25, -0.2) is 4.39 Å². The van der Waals surface area contributed by atoms with Crippen LogP contribution in [0.1, 0.15) is 12.5 Å². The van der Waals surface area contributed by atoms with Crippen molar-refractivity contribution in [3.05, 3.63) is 58.3 Å². The van der Waals surface area contributed by atoms with Crippen LogP contribution in [0.4, 0.5) is 10.1 Å². The normalized spacial score (nSPS) is 11.6. The number of thioether (sulfide) groups is 1. The Balaban J connectivity index is 1.79. The van der Waals surface area contributed by atoms with Gasteiger partial charge in [-0.2, -0.15) is 0 Å². The first-order valence-electron chi connectivity index (χ1n) is 8.05. The van der Waals surface area contributed by atoms with E-state index < -0.39 is 11.2 Å². The number of halogens is 2. The second-order valence-electron chi connectivity index (χ2n) is 5.57. The predicted molar refractivity (Wildman–Crippen MR) is 107 cm³/mol. The van der Waals surface area contributed by atoms with Crippen LogP contribution in [0.3, 0.4) is 0 Å². The second-order valence-corrected chi connectivity index (χ2v) is 7.82. The number of carbonyl (C=O) groups is 2. The monoisotopic (exact) mass is 455 g/mol. The van der Waals surface area contributed by atoms with E-state index in [4.69, 9.17) is 9.47 Å². The lowest BCUT2D eigenvalue weighted by molar-refractivity contribution is -0.143. The fourth-order valence-corrected chi connectivity index (χ4v) is 3.21. The molecular weight excluding hydrogens is 437 g/mol. The van der Waals surface area contributed by atoms with Crippen molar-refractivity contribution in [2.75, 3.05) is 18.2 Å². The van der Waals surface area contributed by atoms with Crippen molar-refractivity contribution in [2.24, 2.45) is 0 Å². The maximum Gasteiger partial charge on any atom is 0.319 e. The van der Waals surface area contributed by atoms with Crippen LogP contribution in [-0.4, -0.2) is 30.0 Å². The van der Waals surface area contributed by atoms with Crippen LogP contribution in [0.5, 0.6) is 5.75 Å². The Labute approximate surface area is 169 Å². The van der Waals surface area contributed by atoms with Crippen molar-refractivity contribution in [3.8, 4) is 5.75 Å². The Bertz CT molecular complexity index is 801. The molecular formula is C19H19BrFNO4S. The molecule has 0 bridgehead atoms. The number of ether oxygens (including phenoxy) is 2. The van der Waals surface area contributed by atoms with Crippen LogP contribution in [0.2, 0.25) is 0 Å². The van der Waals surface area contributed by atoms with Gasteiger partial charge in [-0.05, 0) is 49.4 Å². The van der Waals surface area contributed by atoms with Crippen molar-refractivity contribution < 1.29 is 23.5 Å². The molecule has 1 atom stereocenters. The van der Waals surface area contributed by atoms with Gasteiger partial charge in [-0.15, -0.1) is 11.8 Å². The molecule has 27 heavy (non-hydrogen) atoms. The highest BCUT2D eigenvalue weighted by Crippen LogP contribution is 2.24. The van der Waals surface area contributed by atoms with Gasteiger partial charge in [0, 0.05) is 15.7 Å². The standard InChI is InChI=1S/C19H19BrFNO4S/c1-12(27-11-18(23)22-16-6-4-15(21)5-7-16)19(24)26-10-13-9-14(20)3-8-17(13)25-2/h3-9,12H,10-11H2,1-2H3,(H,22,23). The molecule has 0 aliphatic heterocycles. The molecule has 0 aliphatic rings. The van der Waals surface area contributed by atoms with Crippen molar-refractivity contribution in [1.29, 1.82) is 0 Å². The van der Waals surface area contributed by atoms with Crippen LogP contribution in [0.25, 0.3) is 0 Å². The first-order valence-corrected chi connectivity index (χ1v) is 9.89. The summed E-state index contributed by atoms with van der Waals surface area (Å²) in [5.74, 6) is -0.365. The summed E-state index contributed by atoms with van der Waals surface area (Å²) in [5, 5.41) is 2.13. The molecule has 8 heteroatoms. The molecule has 2 aromatic carbocycles. The number of nitrogens with one attached hydrogen (secondary N) is 1. The van der Waals surface area contributed by atoms with Gasteiger partial charge in [0.15, 0.2) is 0 Å². The third kappa shape index (κ3) is 6.88. The number of methoxy groups -OCH3 is 1. The van der Waals surface area contributed by atoms with Crippen LogP contribution >= 0.6 is 27.7 Å². The zero-order valence-electron chi connectivity index (χ0n) is 14.8. The number of hydrogen-bond acceptors (Lipinski definition) is 5. The lowest BCUT2D eigenvalue weighted by Gasteiger charge is -2.13. The van der Waals surface area contributed by atoms with E-state index >= 15 is 0 Å². The lowest BCUT2D eigenvalue weighted by atomic mass is 10.2. The molecule has 0 saturated carbocycles. The van der Waals surface area contributed by atoms with Crippen molar-refractivity contribution in [1.82, 2.24) is 0 Å². The Morgan fingerprint density at radius 3 is 2.59 bits per heavy atom. The van der Waals surface area contributed by atoms with Gasteiger partial charge in [0.2, 0.25) is 5.91 Å². The molecule has 5 nitrogen and oxygen atoms in total. The molecule has 1 amide bonds. The van der Waals surface area contributed by atoms with E-state index in [1.54, 1.807) is 20.1 Å². The maximum atomic E-state index is 12.9. The van der Waals surface area contributed by atoms with Crippen LogP contribution in [0.15, 0.2) is 46.9 Å². The van der Waals surface area contributed by atoms with Gasteiger partial charge < -0.3 is 14.8 Å². The average Bonchev–Trinajstić information content (AvgIpc) is 2.66. The van der Waals surface area contributed by atoms with Crippen molar-refractivity contribution >= 4 is 45.3 Å². The van der Waals surface area contributed by atoms with E-state index in [0.29, 0.717) is 11.4 Å². The van der Waals surface area contributed by atoms with Crippen LogP contribution in [0, 0.1) is 5.82 Å². The molecule has 1 unspecified atom stereocenters. The van der Waals surface area contributed by atoms with Gasteiger partial charge >= 0.3 is 5.97 Å². The van der Waals surface area contributed by atoms with Crippen LogP contribution in [-0.2, 0) is 20.9 Å². The van der Waals surface area contributed by atoms with Gasteiger partial charge in [0.25, 0.3) is 0 Å². The third-order valence-corrected chi connectivity index (χ3v) is 5.15. The zero-order chi connectivity index (χ0) is 19.8. The first kappa shape index (κ1) is 21.2. The van der Waals surface area contributed by atoms with Crippen molar-refractivity contribution in [2.45, 2.75) is 18.8 Å². The van der Waals surface area contributed by atoms with E-state index in [2.05, 4.69) is 21.2 Å². The molecule has 0 heterocycles. The summed E-state index contributed by atoms with van der Waals surface area (Å²) in [5.41, 5.74) is 1.24. The number of anilines is 1. The van der Waals surface area contributed by atoms with E-state index in [9.17, 15) is 14.0 Å². The molecule has 0 spiro atoms. The number of carbonyl (C=O) groups excluding carboxylic acids is 2. The summed E-state index contributed by atoms with van der Waals surface area (Å²) in [4.78, 5) is 24.1. The van der Waals surface area contributed by atoms with E-state index in [-0.39, 0.29) is 24.1 Å². The smallest absolute Gasteiger partial charge is 0.319 e. The number of esters is 1. The highest BCUT2D eigenvalue weighted by atomic mass is 79.9. The minimum atomic E-state index is -0.512. The van der Waals surface area contributed by atoms with Gasteiger partial charge in [-0.3, -0.25) is 9.59 Å². The lowest BCUT2D eigenvalue weighted by Crippen LogP contribution is -2.21. The zero-order valence-corrected chi connectivity index (χ0v) is 17.2. The highest BCUT2D eigenvalue weighted by Gasteiger charge is 2.18. The summed E-state index contributed by atoms with van der Waals surface area (Å²) >= 11 is 4.53. The number of rotatable bonds is 8. The second kappa shape index (κ2) is 10.3. The largest absolute Gasteiger partial charge is 0.496 e. The minimum absolute atomic E-state index is 0.0772. The average molecular weight is 456 g/mol. The summed E-state index contributed by atoms with van der Waals surface area (Å²) in [7, 11) is 1.55. The van der Waals surface area contributed by atoms with Crippen molar-refractivity contribution in [3.63, 3.8) is 0 Å². The Kier molecular flexibility index (Phi) is 8.12. The fraction of sp³-hybridized carbons (Fsp3) is 0.263. The Morgan fingerprint density at radius 2 is 1.93 bits per heavy atom.